The molecular weight excluding hydrogens is 352 g/mol. The van der Waals surface area contributed by atoms with E-state index >= 15 is 0 Å². The van der Waals surface area contributed by atoms with Gasteiger partial charge >= 0.3 is 0 Å². The lowest BCUT2D eigenvalue weighted by Crippen LogP contribution is -2.36. The van der Waals surface area contributed by atoms with Crippen LogP contribution in [0.4, 0.5) is 8.78 Å². The van der Waals surface area contributed by atoms with Gasteiger partial charge in [-0.2, -0.15) is 5.10 Å². The van der Waals surface area contributed by atoms with E-state index in [1.54, 1.807) is 6.07 Å². The first-order valence-electron chi connectivity index (χ1n) is 8.54. The van der Waals surface area contributed by atoms with Crippen LogP contribution in [0.3, 0.4) is 0 Å². The average Bonchev–Trinajstić information content (AvgIpc) is 3.00. The number of aromatic nitrogens is 3. The van der Waals surface area contributed by atoms with Gasteiger partial charge in [-0.05, 0) is 33.2 Å². The van der Waals surface area contributed by atoms with Gasteiger partial charge in [0.25, 0.3) is 5.91 Å². The maximum Gasteiger partial charge on any atom is 0.255 e. The molecule has 1 N–H and O–H groups in total. The summed E-state index contributed by atoms with van der Waals surface area (Å²) in [5.74, 6) is -1.58. The van der Waals surface area contributed by atoms with E-state index in [1.165, 1.54) is 23.2 Å². The molecule has 0 fully saturated rings. The zero-order valence-electron chi connectivity index (χ0n) is 15.5. The maximum absolute atomic E-state index is 14.1. The number of H-pyrrole nitrogens is 1. The third kappa shape index (κ3) is 4.28. The summed E-state index contributed by atoms with van der Waals surface area (Å²) >= 11 is 0. The third-order valence-corrected chi connectivity index (χ3v) is 4.33. The number of hydrogen-bond acceptors (Lipinski definition) is 4. The van der Waals surface area contributed by atoms with E-state index in [2.05, 4.69) is 15.2 Å². The van der Waals surface area contributed by atoms with Crippen LogP contribution >= 0.6 is 0 Å². The first-order valence-corrected chi connectivity index (χ1v) is 8.54. The van der Waals surface area contributed by atoms with Gasteiger partial charge < -0.3 is 9.80 Å². The number of rotatable bonds is 6. The lowest BCUT2D eigenvalue weighted by molar-refractivity contribution is 0.0730. The molecule has 6 nitrogen and oxygen atoms in total. The molecular formula is C19H21F2N5O. The Morgan fingerprint density at radius 1 is 1.19 bits per heavy atom. The summed E-state index contributed by atoms with van der Waals surface area (Å²) in [5, 5.41) is 7.66. The lowest BCUT2D eigenvalue weighted by Gasteiger charge is -2.25. The first-order chi connectivity index (χ1) is 12.8. The molecule has 0 aliphatic heterocycles. The summed E-state index contributed by atoms with van der Waals surface area (Å²) in [6, 6.07) is 5.11. The van der Waals surface area contributed by atoms with Crippen molar-refractivity contribution >= 4 is 16.9 Å². The highest BCUT2D eigenvalue weighted by atomic mass is 19.1. The molecule has 0 radical (unpaired) electrons. The van der Waals surface area contributed by atoms with Crippen LogP contribution in [0, 0.1) is 18.6 Å². The molecule has 27 heavy (non-hydrogen) atoms. The Hall–Kier alpha value is -2.87. The Morgan fingerprint density at radius 2 is 1.96 bits per heavy atom. The van der Waals surface area contributed by atoms with Crippen molar-refractivity contribution in [3.8, 4) is 0 Å². The fourth-order valence-electron chi connectivity index (χ4n) is 2.75. The molecule has 2 aromatic heterocycles. The number of nitrogens with zero attached hydrogens (tertiary/aromatic N) is 4. The summed E-state index contributed by atoms with van der Waals surface area (Å²) in [5.41, 5.74) is 2.01. The van der Waals surface area contributed by atoms with Crippen LogP contribution in [0.15, 0.2) is 30.5 Å². The minimum absolute atomic E-state index is 0.0429. The molecule has 0 bridgehead atoms. The quantitative estimate of drug-likeness (QED) is 0.722. The molecule has 2 heterocycles. The number of carbonyl (C=O) groups is 1. The molecule has 0 atom stereocenters. The number of benzene rings is 1. The highest BCUT2D eigenvalue weighted by molar-refractivity contribution is 5.97. The number of aryl methyl sites for hydroxylation is 1. The van der Waals surface area contributed by atoms with Crippen molar-refractivity contribution in [1.82, 2.24) is 25.0 Å². The van der Waals surface area contributed by atoms with Crippen molar-refractivity contribution in [3.05, 3.63) is 58.9 Å². The first kappa shape index (κ1) is 18.9. The Bertz CT molecular complexity index is 970. The van der Waals surface area contributed by atoms with Crippen LogP contribution in [-0.2, 0) is 6.54 Å². The summed E-state index contributed by atoms with van der Waals surface area (Å²) < 4.78 is 27.3. The average molecular weight is 373 g/mol. The predicted molar refractivity (Wildman–Crippen MR) is 98.3 cm³/mol. The van der Waals surface area contributed by atoms with Crippen molar-refractivity contribution in [2.24, 2.45) is 0 Å². The maximum atomic E-state index is 14.1. The molecule has 0 saturated carbocycles. The van der Waals surface area contributed by atoms with E-state index in [9.17, 15) is 13.6 Å². The molecule has 0 aliphatic carbocycles. The summed E-state index contributed by atoms with van der Waals surface area (Å²) in [4.78, 5) is 20.7. The van der Waals surface area contributed by atoms with Gasteiger partial charge in [0.15, 0.2) is 5.65 Å². The highest BCUT2D eigenvalue weighted by Gasteiger charge is 2.19. The smallest absolute Gasteiger partial charge is 0.255 e. The number of fused-ring (bicyclic) bond motifs is 1. The van der Waals surface area contributed by atoms with Crippen LogP contribution in [0.5, 0.6) is 0 Å². The summed E-state index contributed by atoms with van der Waals surface area (Å²) in [6.45, 7) is 2.89. The SMILES string of the molecule is Cc1[nH]nc2ncc(C(=O)N(CCN(C)C)Cc3ccc(F)cc3F)cc12. The van der Waals surface area contributed by atoms with Gasteiger partial charge in [-0.1, -0.05) is 6.07 Å². The van der Waals surface area contributed by atoms with Crippen LogP contribution in [0.2, 0.25) is 0 Å². The Morgan fingerprint density at radius 3 is 2.67 bits per heavy atom. The predicted octanol–water partition coefficient (Wildman–Crippen LogP) is 2.75. The van der Waals surface area contributed by atoms with Crippen LogP contribution in [-0.4, -0.2) is 58.1 Å². The van der Waals surface area contributed by atoms with Crippen molar-refractivity contribution in [2.45, 2.75) is 13.5 Å². The van der Waals surface area contributed by atoms with Crippen molar-refractivity contribution in [1.29, 1.82) is 0 Å². The molecule has 0 unspecified atom stereocenters. The molecule has 1 amide bonds. The molecule has 142 valence electrons. The third-order valence-electron chi connectivity index (χ3n) is 4.33. The second kappa shape index (κ2) is 7.79. The second-order valence-electron chi connectivity index (χ2n) is 6.71. The normalized spacial score (nSPS) is 11.3. The molecule has 0 spiro atoms. The molecule has 1 aromatic carbocycles. The van der Waals surface area contributed by atoms with E-state index in [4.69, 9.17) is 0 Å². The zero-order valence-corrected chi connectivity index (χ0v) is 15.5. The number of likely N-dealkylation sites (N-methyl/N-ethyl adjacent to an activating group) is 1. The number of pyridine rings is 1. The highest BCUT2D eigenvalue weighted by Crippen LogP contribution is 2.18. The van der Waals surface area contributed by atoms with Crippen LogP contribution < -0.4 is 0 Å². The number of nitrogens with one attached hydrogen (secondary N) is 1. The van der Waals surface area contributed by atoms with Gasteiger partial charge in [-0.25, -0.2) is 13.8 Å². The largest absolute Gasteiger partial charge is 0.333 e. The number of halogens is 2. The van der Waals surface area contributed by atoms with Gasteiger partial charge in [-0.15, -0.1) is 0 Å². The fraction of sp³-hybridized carbons (Fsp3) is 0.316. The molecule has 3 rings (SSSR count). The van der Waals surface area contributed by atoms with E-state index in [0.717, 1.165) is 17.1 Å². The zero-order chi connectivity index (χ0) is 19.6. The van der Waals surface area contributed by atoms with Crippen molar-refractivity contribution < 1.29 is 13.6 Å². The van der Waals surface area contributed by atoms with E-state index in [0.29, 0.717) is 24.3 Å². The number of hydrogen-bond donors (Lipinski definition) is 1. The lowest BCUT2D eigenvalue weighted by atomic mass is 10.1. The Labute approximate surface area is 155 Å². The Kier molecular flexibility index (Phi) is 5.46. The van der Waals surface area contributed by atoms with E-state index in [-0.39, 0.29) is 18.0 Å². The monoisotopic (exact) mass is 373 g/mol. The van der Waals surface area contributed by atoms with Crippen LogP contribution in [0.1, 0.15) is 21.6 Å². The van der Waals surface area contributed by atoms with Crippen LogP contribution in [0.25, 0.3) is 11.0 Å². The molecule has 3 aromatic rings. The summed E-state index contributed by atoms with van der Waals surface area (Å²) in [7, 11) is 3.78. The van der Waals surface area contributed by atoms with Gasteiger partial charge in [0, 0.05) is 48.5 Å². The van der Waals surface area contributed by atoms with Gasteiger partial charge in [0.2, 0.25) is 0 Å². The molecule has 0 saturated heterocycles. The van der Waals surface area contributed by atoms with E-state index < -0.39 is 11.6 Å². The minimum atomic E-state index is -0.670. The number of amides is 1. The fourth-order valence-corrected chi connectivity index (χ4v) is 2.75. The summed E-state index contributed by atoms with van der Waals surface area (Å²) in [6.07, 6.45) is 1.47. The van der Waals surface area contributed by atoms with Gasteiger partial charge in [-0.3, -0.25) is 9.89 Å². The second-order valence-corrected chi connectivity index (χ2v) is 6.71. The standard InChI is InChI=1S/C19H21F2N5O/c1-12-16-8-14(10-22-18(16)24-23-12)19(27)26(7-6-25(2)3)11-13-4-5-15(20)9-17(13)21/h4-5,8-10H,6-7,11H2,1-3H3,(H,22,23,24). The van der Waals surface area contributed by atoms with Crippen molar-refractivity contribution in [2.75, 3.05) is 27.2 Å². The topological polar surface area (TPSA) is 65.1 Å². The van der Waals surface area contributed by atoms with Gasteiger partial charge in [0.1, 0.15) is 11.6 Å². The van der Waals surface area contributed by atoms with E-state index in [1.807, 2.05) is 25.9 Å². The molecule has 8 heteroatoms. The number of aromatic amines is 1. The van der Waals surface area contributed by atoms with Crippen molar-refractivity contribution in [3.63, 3.8) is 0 Å². The molecule has 0 aliphatic rings. The Balaban J connectivity index is 1.90. The van der Waals surface area contributed by atoms with Gasteiger partial charge in [0.05, 0.1) is 5.56 Å². The number of carbonyl (C=O) groups excluding carboxylic acids is 1. The minimum Gasteiger partial charge on any atom is -0.333 e.